The molecule has 1 saturated heterocycles. The Hall–Kier alpha value is -2.53. The van der Waals surface area contributed by atoms with Gasteiger partial charge in [0.2, 0.25) is 5.72 Å². The summed E-state index contributed by atoms with van der Waals surface area (Å²) in [6, 6.07) is 0. The molecule has 10 nitrogen and oxygen atoms in total. The molecule has 6 aliphatic carbocycles. The van der Waals surface area contributed by atoms with E-state index in [4.69, 9.17) is 29.4 Å². The molecule has 1 heterocycles. The molecule has 11 atom stereocenters. The number of nitrogens with two attached hydrogens (primary N) is 1. The minimum absolute atomic E-state index is 0.00446. The van der Waals surface area contributed by atoms with Crippen molar-refractivity contribution in [2.75, 3.05) is 13.2 Å². The van der Waals surface area contributed by atoms with Gasteiger partial charge in [0, 0.05) is 11.8 Å². The van der Waals surface area contributed by atoms with Gasteiger partial charge in [-0.05, 0) is 128 Å². The van der Waals surface area contributed by atoms with Gasteiger partial charge >= 0.3 is 17.9 Å². The van der Waals surface area contributed by atoms with Crippen LogP contribution in [0.25, 0.3) is 0 Å². The first-order valence-corrected chi connectivity index (χ1v) is 19.7. The Kier molecular flexibility index (Phi) is 9.90. The summed E-state index contributed by atoms with van der Waals surface area (Å²) in [5.41, 5.74) is 4.39. The van der Waals surface area contributed by atoms with Crippen LogP contribution in [0.3, 0.4) is 0 Å². The second-order valence-corrected chi connectivity index (χ2v) is 17.7. The maximum absolute atomic E-state index is 13.9. The van der Waals surface area contributed by atoms with Crippen molar-refractivity contribution in [3.05, 3.63) is 35.5 Å². The first-order valence-electron chi connectivity index (χ1n) is 19.7. The van der Waals surface area contributed by atoms with Crippen molar-refractivity contribution in [2.24, 2.45) is 40.2 Å². The van der Waals surface area contributed by atoms with Gasteiger partial charge in [0.1, 0.15) is 31.0 Å². The SMILES string of the molecule is C/C=C/C(N)(O)C(=O)OC12CCCC(C1)C1(OC(COC(=O)C3(C)C=C4CCCC(C4)C3)C(COC(=O)C34CCCC(=CC(C)C3)C4)O1)C(C)C2. The Morgan fingerprint density at radius 3 is 2.41 bits per heavy atom. The largest absolute Gasteiger partial charge is 0.462 e. The van der Waals surface area contributed by atoms with Gasteiger partial charge in [-0.25, -0.2) is 4.79 Å². The minimum atomic E-state index is -2.22. The Bertz CT molecular complexity index is 1480. The van der Waals surface area contributed by atoms with Crippen LogP contribution in [-0.4, -0.2) is 65.5 Å². The molecular formula is C41H59NO9. The highest BCUT2D eigenvalue weighted by Crippen LogP contribution is 2.57. The predicted octanol–water partition coefficient (Wildman–Crippen LogP) is 6.34. The van der Waals surface area contributed by atoms with Gasteiger partial charge in [0.15, 0.2) is 5.79 Å². The van der Waals surface area contributed by atoms with Gasteiger partial charge in [0.05, 0.1) is 10.8 Å². The fraction of sp³-hybridized carbons (Fsp3) is 0.780. The number of aliphatic hydroxyl groups is 1. The van der Waals surface area contributed by atoms with E-state index in [0.717, 1.165) is 70.6 Å². The van der Waals surface area contributed by atoms with Crippen molar-refractivity contribution in [1.29, 1.82) is 0 Å². The molecule has 0 aromatic carbocycles. The highest BCUT2D eigenvalue weighted by atomic mass is 16.8. The lowest BCUT2D eigenvalue weighted by molar-refractivity contribution is -0.294. The van der Waals surface area contributed by atoms with Crippen molar-refractivity contribution in [2.45, 2.75) is 153 Å². The second-order valence-electron chi connectivity index (χ2n) is 17.7. The third-order valence-electron chi connectivity index (χ3n) is 13.4. The van der Waals surface area contributed by atoms with Crippen LogP contribution in [0.5, 0.6) is 0 Å². The van der Waals surface area contributed by atoms with Crippen LogP contribution in [0.4, 0.5) is 0 Å². The maximum atomic E-state index is 13.9. The van der Waals surface area contributed by atoms with Crippen molar-refractivity contribution in [1.82, 2.24) is 0 Å². The molecule has 3 N–H and O–H groups in total. The highest BCUT2D eigenvalue weighted by molar-refractivity contribution is 5.81. The molecule has 6 bridgehead atoms. The molecule has 4 saturated carbocycles. The van der Waals surface area contributed by atoms with Crippen LogP contribution < -0.4 is 5.73 Å². The summed E-state index contributed by atoms with van der Waals surface area (Å²) in [6.45, 7) is 7.87. The van der Waals surface area contributed by atoms with Gasteiger partial charge in [-0.3, -0.25) is 15.3 Å². The van der Waals surface area contributed by atoms with E-state index in [1.165, 1.54) is 29.7 Å². The van der Waals surface area contributed by atoms with Gasteiger partial charge in [-0.2, -0.15) is 0 Å². The third-order valence-corrected chi connectivity index (χ3v) is 13.4. The summed E-state index contributed by atoms with van der Waals surface area (Å²) in [6.07, 6.45) is 18.7. The van der Waals surface area contributed by atoms with E-state index in [9.17, 15) is 19.5 Å². The average Bonchev–Trinajstić information content (AvgIpc) is 3.44. The molecule has 1 spiro atoms. The monoisotopic (exact) mass is 709 g/mol. The zero-order valence-electron chi connectivity index (χ0n) is 31.1. The summed E-state index contributed by atoms with van der Waals surface area (Å²) in [7, 11) is 0. The standard InChI is InChI=1S/C41H59NO9/c1-5-13-40(42,46)36(45)51-39-15-8-12-31(23-39)41(27(3)19-39)49-32(24-47-34(43)37(4)20-29-9-6-10-30(17-29)21-37)33(50-41)25-48-35(44)38-14-7-11-28(22-38)16-26(2)18-38/h5,13,16,20,26-27,30-33,46H,6-12,14-15,17-19,21-25,42H2,1-4H3/b13-5+. The number of allylic oxidation sites excluding steroid dienone is 4. The number of fused-ring (bicyclic) bond motifs is 7. The summed E-state index contributed by atoms with van der Waals surface area (Å²) >= 11 is 0. The van der Waals surface area contributed by atoms with Gasteiger partial charge < -0.3 is 28.8 Å². The summed E-state index contributed by atoms with van der Waals surface area (Å²) < 4.78 is 32.2. The van der Waals surface area contributed by atoms with E-state index >= 15 is 0 Å². The maximum Gasteiger partial charge on any atom is 0.358 e. The topological polar surface area (TPSA) is 144 Å². The number of hydrogen-bond acceptors (Lipinski definition) is 10. The second kappa shape index (κ2) is 13.7. The highest BCUT2D eigenvalue weighted by Gasteiger charge is 2.64. The fourth-order valence-electron chi connectivity index (χ4n) is 11.4. The minimum Gasteiger partial charge on any atom is -0.462 e. The number of rotatable bonds is 9. The lowest BCUT2D eigenvalue weighted by Gasteiger charge is -2.54. The molecule has 7 rings (SSSR count). The van der Waals surface area contributed by atoms with Crippen molar-refractivity contribution in [3.63, 3.8) is 0 Å². The van der Waals surface area contributed by atoms with Crippen LogP contribution >= 0.6 is 0 Å². The van der Waals surface area contributed by atoms with E-state index in [-0.39, 0.29) is 37.0 Å². The normalized spacial score (nSPS) is 42.8. The zero-order valence-corrected chi connectivity index (χ0v) is 31.1. The lowest BCUT2D eigenvalue weighted by Crippen LogP contribution is -2.61. The Morgan fingerprint density at radius 1 is 0.961 bits per heavy atom. The molecule has 0 amide bonds. The Balaban J connectivity index is 1.09. The van der Waals surface area contributed by atoms with Gasteiger partial charge in [-0.1, -0.05) is 43.2 Å². The van der Waals surface area contributed by atoms with Crippen molar-refractivity contribution >= 4 is 17.9 Å². The lowest BCUT2D eigenvalue weighted by atomic mass is 9.62. The molecule has 5 fully saturated rings. The van der Waals surface area contributed by atoms with Gasteiger partial charge in [-0.15, -0.1) is 0 Å². The number of carbonyl (C=O) groups excluding carboxylic acids is 3. The average molecular weight is 710 g/mol. The van der Waals surface area contributed by atoms with Crippen LogP contribution in [0.2, 0.25) is 0 Å². The molecule has 0 radical (unpaired) electrons. The summed E-state index contributed by atoms with van der Waals surface area (Å²) in [4.78, 5) is 40.8. The Labute approximate surface area is 302 Å². The predicted molar refractivity (Wildman–Crippen MR) is 188 cm³/mol. The first kappa shape index (κ1) is 36.8. The number of carbonyl (C=O) groups is 3. The Morgan fingerprint density at radius 2 is 1.69 bits per heavy atom. The smallest absolute Gasteiger partial charge is 0.358 e. The van der Waals surface area contributed by atoms with Crippen molar-refractivity contribution in [3.8, 4) is 0 Å². The molecule has 10 heteroatoms. The van der Waals surface area contributed by atoms with E-state index < -0.39 is 46.1 Å². The summed E-state index contributed by atoms with van der Waals surface area (Å²) in [5.74, 6) is -1.87. The molecule has 11 unspecified atom stereocenters. The number of hydrogen-bond donors (Lipinski definition) is 2. The molecule has 282 valence electrons. The van der Waals surface area contributed by atoms with E-state index in [2.05, 4.69) is 19.1 Å². The number of esters is 3. The fourth-order valence-corrected chi connectivity index (χ4v) is 11.4. The van der Waals surface area contributed by atoms with E-state index in [1.807, 2.05) is 13.8 Å². The third kappa shape index (κ3) is 6.99. The quantitative estimate of drug-likeness (QED) is 0.120. The van der Waals surface area contributed by atoms with Crippen LogP contribution in [0, 0.1) is 34.5 Å². The van der Waals surface area contributed by atoms with E-state index in [0.29, 0.717) is 31.1 Å². The first-order chi connectivity index (χ1) is 24.2. The molecule has 7 aliphatic rings. The van der Waals surface area contributed by atoms with Crippen LogP contribution in [0.15, 0.2) is 35.5 Å². The van der Waals surface area contributed by atoms with Crippen LogP contribution in [-0.2, 0) is 38.1 Å². The molecule has 51 heavy (non-hydrogen) atoms. The molecular weight excluding hydrogens is 650 g/mol. The summed E-state index contributed by atoms with van der Waals surface area (Å²) in [5, 5.41) is 10.6. The number of ether oxygens (including phenoxy) is 5. The van der Waals surface area contributed by atoms with E-state index in [1.54, 1.807) is 6.92 Å². The van der Waals surface area contributed by atoms with Crippen LogP contribution in [0.1, 0.15) is 124 Å². The molecule has 0 aromatic rings. The molecule has 0 aromatic heterocycles. The molecule has 1 aliphatic heterocycles. The van der Waals surface area contributed by atoms with Gasteiger partial charge in [0.25, 0.3) is 0 Å². The zero-order chi connectivity index (χ0) is 36.2. The van der Waals surface area contributed by atoms with Crippen molar-refractivity contribution < 1.29 is 43.2 Å².